The third kappa shape index (κ3) is 3.70. The van der Waals surface area contributed by atoms with Crippen LogP contribution in [-0.4, -0.2) is 27.7 Å². The van der Waals surface area contributed by atoms with E-state index in [9.17, 15) is 31.7 Å². The second-order valence-electron chi connectivity index (χ2n) is 6.75. The molecule has 4 rings (SSSR count). The number of primary sulfonamides is 1. The summed E-state index contributed by atoms with van der Waals surface area (Å²) in [4.78, 5) is 22.2. The minimum atomic E-state index is -4.38. The van der Waals surface area contributed by atoms with E-state index in [1.54, 1.807) is 6.07 Å². The zero-order chi connectivity index (χ0) is 23.3. The van der Waals surface area contributed by atoms with E-state index in [2.05, 4.69) is 9.74 Å². The van der Waals surface area contributed by atoms with Gasteiger partial charge in [0.2, 0.25) is 10.0 Å². The molecule has 12 nitrogen and oxygen atoms in total. The summed E-state index contributed by atoms with van der Waals surface area (Å²) in [5, 5.41) is 21.4. The Bertz CT molecular complexity index is 1530. The van der Waals surface area contributed by atoms with Gasteiger partial charge < -0.3 is 0 Å². The maximum Gasteiger partial charge on any atom is 0.301 e. The van der Waals surface area contributed by atoms with Crippen molar-refractivity contribution in [1.82, 2.24) is 0 Å². The Labute approximate surface area is 181 Å². The third-order valence-corrected chi connectivity index (χ3v) is 6.85. The molecule has 0 aromatic heterocycles. The first-order chi connectivity index (χ1) is 15.0. The van der Waals surface area contributed by atoms with E-state index in [0.29, 0.717) is 10.9 Å². The Morgan fingerprint density at radius 1 is 1.03 bits per heavy atom. The lowest BCUT2D eigenvalue weighted by molar-refractivity contribution is -0.387. The molecule has 0 bridgehead atoms. The van der Waals surface area contributed by atoms with Crippen LogP contribution >= 0.6 is 0 Å². The number of nitro groups is 1. The summed E-state index contributed by atoms with van der Waals surface area (Å²) in [6.07, 6.45) is -0.247. The van der Waals surface area contributed by atoms with E-state index in [-0.39, 0.29) is 22.4 Å². The van der Waals surface area contributed by atoms with Gasteiger partial charge in [-0.15, -0.1) is 0 Å². The first-order valence-electron chi connectivity index (χ1n) is 8.82. The van der Waals surface area contributed by atoms with Crippen molar-refractivity contribution < 1.29 is 26.6 Å². The lowest BCUT2D eigenvalue weighted by Gasteiger charge is -2.11. The highest BCUT2D eigenvalue weighted by molar-refractivity contribution is 7.90. The van der Waals surface area contributed by atoms with Crippen molar-refractivity contribution in [2.75, 3.05) is 5.01 Å². The van der Waals surface area contributed by atoms with Crippen LogP contribution in [0.2, 0.25) is 0 Å². The van der Waals surface area contributed by atoms with E-state index in [1.165, 1.54) is 36.4 Å². The van der Waals surface area contributed by atoms with Gasteiger partial charge in [0, 0.05) is 6.07 Å². The zero-order valence-electron chi connectivity index (χ0n) is 15.9. The monoisotopic (exact) mass is 475 g/mol. The van der Waals surface area contributed by atoms with E-state index in [0.717, 1.165) is 17.1 Å². The van der Waals surface area contributed by atoms with Gasteiger partial charge in [-0.25, -0.2) is 13.6 Å². The third-order valence-electron chi connectivity index (χ3n) is 4.76. The summed E-state index contributed by atoms with van der Waals surface area (Å²) in [6.45, 7) is 0. The summed E-state index contributed by atoms with van der Waals surface area (Å²) in [6, 6.07) is 12.2. The van der Waals surface area contributed by atoms with Gasteiger partial charge >= 0.3 is 10.0 Å². The van der Waals surface area contributed by atoms with Crippen molar-refractivity contribution in [3.63, 3.8) is 0 Å². The number of rotatable bonds is 5. The molecule has 14 heteroatoms. The SMILES string of the molecule is NS(=O)(=O)c1cc2ccc3c(c2cc1[N+](=O)[O-])CC(=O)N3N=NS(=O)(=O)c1ccccc1. The van der Waals surface area contributed by atoms with Crippen LogP contribution in [0.3, 0.4) is 0 Å². The Kier molecular flexibility index (Phi) is 4.99. The average molecular weight is 475 g/mol. The number of benzene rings is 3. The predicted octanol–water partition coefficient (Wildman–Crippen LogP) is 2.04. The molecule has 0 spiro atoms. The van der Waals surface area contributed by atoms with Crippen LogP contribution in [0, 0.1) is 10.1 Å². The molecule has 1 aliphatic heterocycles. The highest BCUT2D eigenvalue weighted by Gasteiger charge is 2.32. The molecule has 0 fully saturated rings. The highest BCUT2D eigenvalue weighted by Crippen LogP contribution is 2.39. The summed E-state index contributed by atoms with van der Waals surface area (Å²) in [5.74, 6) is -0.613. The van der Waals surface area contributed by atoms with Crippen LogP contribution in [-0.2, 0) is 31.3 Å². The van der Waals surface area contributed by atoms with Crippen molar-refractivity contribution >= 4 is 48.1 Å². The molecule has 3 aromatic rings. The average Bonchev–Trinajstić information content (AvgIpc) is 3.06. The minimum Gasteiger partial charge on any atom is -0.272 e. The zero-order valence-corrected chi connectivity index (χ0v) is 17.6. The number of hydrogen-bond donors (Lipinski definition) is 1. The number of sulfonamides is 2. The van der Waals surface area contributed by atoms with Gasteiger partial charge in [-0.1, -0.05) is 24.3 Å². The molecule has 0 radical (unpaired) electrons. The molecule has 0 unspecified atom stereocenters. The smallest absolute Gasteiger partial charge is 0.272 e. The van der Waals surface area contributed by atoms with Crippen LogP contribution in [0.4, 0.5) is 11.4 Å². The Balaban J connectivity index is 1.83. The normalized spacial score (nSPS) is 14.3. The van der Waals surface area contributed by atoms with Gasteiger partial charge in [-0.2, -0.15) is 13.4 Å². The Hall–Kier alpha value is -3.75. The molecule has 1 amide bonds. The maximum atomic E-state index is 12.5. The summed E-state index contributed by atoms with van der Waals surface area (Å²) < 4.78 is 51.5. The van der Waals surface area contributed by atoms with E-state index in [1.807, 2.05) is 0 Å². The number of fused-ring (bicyclic) bond motifs is 3. The number of nitro benzene ring substituents is 1. The van der Waals surface area contributed by atoms with Crippen molar-refractivity contribution in [2.45, 2.75) is 16.2 Å². The molecule has 0 aliphatic carbocycles. The van der Waals surface area contributed by atoms with Crippen LogP contribution in [0.15, 0.2) is 74.1 Å². The number of anilines is 1. The number of hydrogen-bond acceptors (Lipinski definition) is 8. The van der Waals surface area contributed by atoms with E-state index < -0.39 is 41.5 Å². The van der Waals surface area contributed by atoms with Gasteiger partial charge in [0.15, 0.2) is 4.90 Å². The van der Waals surface area contributed by atoms with Gasteiger partial charge in [-0.3, -0.25) is 14.9 Å². The fraction of sp³-hybridized carbons (Fsp3) is 0.0556. The molecular weight excluding hydrogens is 462 g/mol. The first-order valence-corrected chi connectivity index (χ1v) is 11.8. The quantitative estimate of drug-likeness (QED) is 0.332. The molecule has 1 aliphatic rings. The summed E-state index contributed by atoms with van der Waals surface area (Å²) >= 11 is 0. The van der Waals surface area contributed by atoms with Gasteiger partial charge in [0.1, 0.15) is 0 Å². The molecular formula is C18H13N5O7S2. The van der Waals surface area contributed by atoms with Crippen LogP contribution in [0.5, 0.6) is 0 Å². The maximum absolute atomic E-state index is 12.5. The van der Waals surface area contributed by atoms with E-state index in [4.69, 9.17) is 5.14 Å². The topological polar surface area (TPSA) is 182 Å². The molecule has 0 atom stereocenters. The molecule has 0 saturated heterocycles. The number of nitrogens with two attached hydrogens (primary N) is 1. The fourth-order valence-electron chi connectivity index (χ4n) is 3.33. The fourth-order valence-corrected chi connectivity index (χ4v) is 4.81. The van der Waals surface area contributed by atoms with Gasteiger partial charge in [0.25, 0.3) is 11.6 Å². The van der Waals surface area contributed by atoms with Crippen molar-refractivity contribution in [3.05, 3.63) is 70.3 Å². The van der Waals surface area contributed by atoms with Crippen LogP contribution in [0.25, 0.3) is 10.8 Å². The lowest BCUT2D eigenvalue weighted by atomic mass is 10.0. The second kappa shape index (κ2) is 7.44. The highest BCUT2D eigenvalue weighted by atomic mass is 32.2. The molecule has 32 heavy (non-hydrogen) atoms. The van der Waals surface area contributed by atoms with Gasteiger partial charge in [-0.05, 0) is 50.3 Å². The van der Waals surface area contributed by atoms with Gasteiger partial charge in [0.05, 0.1) is 21.9 Å². The molecule has 2 N–H and O–H groups in total. The molecule has 3 aromatic carbocycles. The second-order valence-corrected chi connectivity index (χ2v) is 9.86. The van der Waals surface area contributed by atoms with Crippen molar-refractivity contribution in [1.29, 1.82) is 0 Å². The Morgan fingerprint density at radius 2 is 1.72 bits per heavy atom. The first kappa shape index (κ1) is 21.5. The van der Waals surface area contributed by atoms with Crippen LogP contribution in [0.1, 0.15) is 5.56 Å². The largest absolute Gasteiger partial charge is 0.301 e. The molecule has 0 saturated carbocycles. The number of carbonyl (C=O) groups is 1. The lowest BCUT2D eigenvalue weighted by Crippen LogP contribution is -2.20. The van der Waals surface area contributed by atoms with Crippen molar-refractivity contribution in [2.24, 2.45) is 14.9 Å². The number of carbonyl (C=O) groups excluding carboxylic acids is 1. The van der Waals surface area contributed by atoms with E-state index >= 15 is 0 Å². The number of nitrogens with zero attached hydrogens (tertiary/aromatic N) is 4. The number of amides is 1. The molecule has 164 valence electrons. The summed E-state index contributed by atoms with van der Waals surface area (Å²) in [5.41, 5.74) is -0.257. The molecule has 1 heterocycles. The Morgan fingerprint density at radius 3 is 2.34 bits per heavy atom. The predicted molar refractivity (Wildman–Crippen MR) is 112 cm³/mol. The standard InChI is InChI=1S/C18H13N5O7S2/c19-31(27,28)17-8-11-6-7-15-14(13(11)9-16(17)23(25)26)10-18(24)22(15)20-21-32(29,30)12-4-2-1-3-5-12/h1-9H,10H2,(H2,19,27,28). The summed E-state index contributed by atoms with van der Waals surface area (Å²) in [7, 11) is -8.54. The minimum absolute atomic E-state index is 0.111. The van der Waals surface area contributed by atoms with Crippen molar-refractivity contribution in [3.8, 4) is 0 Å². The van der Waals surface area contributed by atoms with Crippen LogP contribution < -0.4 is 10.1 Å².